The van der Waals surface area contributed by atoms with Gasteiger partial charge in [0.15, 0.2) is 10.9 Å². The molecule has 2 aromatic heterocycles. The number of rotatable bonds is 6. The van der Waals surface area contributed by atoms with E-state index in [-0.39, 0.29) is 18.9 Å². The van der Waals surface area contributed by atoms with Crippen molar-refractivity contribution >= 4 is 28.3 Å². The van der Waals surface area contributed by atoms with Crippen LogP contribution in [0.1, 0.15) is 24.2 Å². The molecule has 0 aliphatic carbocycles. The van der Waals surface area contributed by atoms with Gasteiger partial charge in [0, 0.05) is 30.0 Å². The van der Waals surface area contributed by atoms with Crippen LogP contribution in [0.25, 0.3) is 11.3 Å². The second-order valence-electron chi connectivity index (χ2n) is 6.16. The fraction of sp³-hybridized carbons (Fsp3) is 0.263. The van der Waals surface area contributed by atoms with Crippen molar-refractivity contribution in [1.29, 1.82) is 0 Å². The number of anilines is 1. The summed E-state index contributed by atoms with van der Waals surface area (Å²) in [7, 11) is 0. The Morgan fingerprint density at radius 3 is 2.89 bits per heavy atom. The zero-order valence-corrected chi connectivity index (χ0v) is 15.3. The largest absolute Gasteiger partial charge is 0.459 e. The lowest BCUT2D eigenvalue weighted by Gasteiger charge is -2.10. The fourth-order valence-electron chi connectivity index (χ4n) is 2.82. The summed E-state index contributed by atoms with van der Waals surface area (Å²) in [5.74, 6) is 0.309. The van der Waals surface area contributed by atoms with E-state index in [1.165, 1.54) is 11.3 Å². The Morgan fingerprint density at radius 1 is 1.26 bits per heavy atom. The molecule has 138 valence electrons. The molecule has 0 saturated carbocycles. The van der Waals surface area contributed by atoms with Crippen molar-refractivity contribution in [2.75, 3.05) is 11.4 Å². The van der Waals surface area contributed by atoms with E-state index in [4.69, 9.17) is 9.26 Å². The number of ether oxygens (including phenoxy) is 1. The Morgan fingerprint density at radius 2 is 2.11 bits per heavy atom. The van der Waals surface area contributed by atoms with E-state index >= 15 is 0 Å². The minimum Gasteiger partial charge on any atom is -0.459 e. The molecule has 1 amide bonds. The summed E-state index contributed by atoms with van der Waals surface area (Å²) in [5.41, 5.74) is 2.06. The highest BCUT2D eigenvalue weighted by Gasteiger charge is 2.24. The number of esters is 1. The number of benzene rings is 1. The van der Waals surface area contributed by atoms with E-state index in [1.54, 1.807) is 16.3 Å². The minimum atomic E-state index is -0.399. The maximum Gasteiger partial charge on any atom is 0.312 e. The molecule has 0 unspecified atom stereocenters. The molecule has 0 radical (unpaired) electrons. The number of aromatic nitrogens is 2. The molecule has 0 N–H and O–H groups in total. The van der Waals surface area contributed by atoms with Gasteiger partial charge in [0.05, 0.1) is 12.1 Å². The maximum atomic E-state index is 12.1. The molecule has 3 heterocycles. The van der Waals surface area contributed by atoms with Gasteiger partial charge in [0.1, 0.15) is 12.3 Å². The SMILES string of the molecule is O=C(Cc1csc(N2CCCC2=O)n1)OCc1cc(-c2ccccc2)on1. The summed E-state index contributed by atoms with van der Waals surface area (Å²) in [6, 6.07) is 11.3. The summed E-state index contributed by atoms with van der Waals surface area (Å²) in [6.07, 6.45) is 1.46. The van der Waals surface area contributed by atoms with Crippen LogP contribution >= 0.6 is 11.3 Å². The Labute approximate surface area is 159 Å². The number of amides is 1. The average Bonchev–Trinajstić information content (AvgIpc) is 3.41. The molecule has 8 heteroatoms. The summed E-state index contributed by atoms with van der Waals surface area (Å²) < 4.78 is 10.5. The Hall–Kier alpha value is -3.00. The zero-order valence-electron chi connectivity index (χ0n) is 14.5. The third kappa shape index (κ3) is 4.06. The second kappa shape index (κ2) is 7.71. The molecule has 0 atom stereocenters. The number of carbonyl (C=O) groups excluding carboxylic acids is 2. The molecule has 1 aliphatic rings. The molecule has 1 saturated heterocycles. The maximum absolute atomic E-state index is 12.1. The van der Waals surface area contributed by atoms with Crippen molar-refractivity contribution in [2.45, 2.75) is 25.9 Å². The van der Waals surface area contributed by atoms with Crippen LogP contribution < -0.4 is 4.90 Å². The standard InChI is InChI=1S/C19H17N3O4S/c23-17-7-4-8-22(17)19-20-15(12-27-19)10-18(24)25-11-14-9-16(26-21-14)13-5-2-1-3-6-13/h1-3,5-6,9,12H,4,7-8,10-11H2. The Kier molecular flexibility index (Phi) is 4.97. The second-order valence-corrected chi connectivity index (χ2v) is 6.99. The number of hydrogen-bond acceptors (Lipinski definition) is 7. The third-order valence-electron chi connectivity index (χ3n) is 4.17. The predicted octanol–water partition coefficient (Wildman–Crippen LogP) is 3.21. The van der Waals surface area contributed by atoms with Crippen LogP contribution in [-0.2, 0) is 27.4 Å². The van der Waals surface area contributed by atoms with Gasteiger partial charge >= 0.3 is 5.97 Å². The van der Waals surface area contributed by atoms with Crippen LogP contribution in [-0.4, -0.2) is 28.6 Å². The van der Waals surface area contributed by atoms with Crippen molar-refractivity contribution in [3.05, 3.63) is 53.2 Å². The summed E-state index contributed by atoms with van der Waals surface area (Å²) in [5, 5.41) is 6.35. The summed E-state index contributed by atoms with van der Waals surface area (Å²) in [4.78, 5) is 29.9. The number of nitrogens with zero attached hydrogens (tertiary/aromatic N) is 3. The highest BCUT2D eigenvalue weighted by atomic mass is 32.1. The fourth-order valence-corrected chi connectivity index (χ4v) is 3.69. The zero-order chi connectivity index (χ0) is 18.6. The molecule has 0 spiro atoms. The first-order chi connectivity index (χ1) is 13.2. The molecule has 27 heavy (non-hydrogen) atoms. The molecule has 1 aliphatic heterocycles. The third-order valence-corrected chi connectivity index (χ3v) is 5.08. The van der Waals surface area contributed by atoms with Crippen LogP contribution in [0.15, 0.2) is 46.3 Å². The molecule has 4 rings (SSSR count). The van der Waals surface area contributed by atoms with Crippen molar-refractivity contribution < 1.29 is 18.8 Å². The van der Waals surface area contributed by atoms with Gasteiger partial charge in [-0.2, -0.15) is 0 Å². The molecule has 0 bridgehead atoms. The number of hydrogen-bond donors (Lipinski definition) is 0. The molecular weight excluding hydrogens is 366 g/mol. The Bertz CT molecular complexity index is 951. The highest BCUT2D eigenvalue weighted by molar-refractivity contribution is 7.14. The molecular formula is C19H17N3O4S. The molecule has 1 fully saturated rings. The van der Waals surface area contributed by atoms with E-state index in [2.05, 4.69) is 10.1 Å². The first-order valence-electron chi connectivity index (χ1n) is 8.60. The van der Waals surface area contributed by atoms with Gasteiger partial charge in [-0.05, 0) is 6.42 Å². The van der Waals surface area contributed by atoms with Crippen molar-refractivity contribution in [1.82, 2.24) is 10.1 Å². The van der Waals surface area contributed by atoms with Gasteiger partial charge in [-0.15, -0.1) is 11.3 Å². The lowest BCUT2D eigenvalue weighted by Crippen LogP contribution is -2.23. The normalized spacial score (nSPS) is 13.9. The molecule has 3 aromatic rings. The van der Waals surface area contributed by atoms with E-state index in [1.807, 2.05) is 30.3 Å². The van der Waals surface area contributed by atoms with Crippen molar-refractivity contribution in [3.8, 4) is 11.3 Å². The van der Waals surface area contributed by atoms with Crippen LogP contribution in [0.5, 0.6) is 0 Å². The van der Waals surface area contributed by atoms with Gasteiger partial charge in [-0.3, -0.25) is 14.5 Å². The first kappa shape index (κ1) is 17.4. The average molecular weight is 383 g/mol. The van der Waals surface area contributed by atoms with E-state index in [0.717, 1.165) is 12.0 Å². The van der Waals surface area contributed by atoms with Gasteiger partial charge in [0.25, 0.3) is 0 Å². The van der Waals surface area contributed by atoms with Crippen LogP contribution in [0.4, 0.5) is 5.13 Å². The molecule has 7 nitrogen and oxygen atoms in total. The highest BCUT2D eigenvalue weighted by Crippen LogP contribution is 2.25. The molecule has 1 aromatic carbocycles. The van der Waals surface area contributed by atoms with Crippen LogP contribution in [0.2, 0.25) is 0 Å². The van der Waals surface area contributed by atoms with Crippen LogP contribution in [0, 0.1) is 0 Å². The lowest BCUT2D eigenvalue weighted by molar-refractivity contribution is -0.144. The topological polar surface area (TPSA) is 85.5 Å². The van der Waals surface area contributed by atoms with Gasteiger partial charge in [-0.1, -0.05) is 35.5 Å². The predicted molar refractivity (Wildman–Crippen MR) is 99.1 cm³/mol. The summed E-state index contributed by atoms with van der Waals surface area (Å²) >= 11 is 1.37. The number of thiazole rings is 1. The van der Waals surface area contributed by atoms with Gasteiger partial charge in [-0.25, -0.2) is 4.98 Å². The van der Waals surface area contributed by atoms with E-state index in [9.17, 15) is 9.59 Å². The number of carbonyl (C=O) groups is 2. The van der Waals surface area contributed by atoms with E-state index < -0.39 is 5.97 Å². The van der Waals surface area contributed by atoms with Crippen molar-refractivity contribution in [3.63, 3.8) is 0 Å². The smallest absolute Gasteiger partial charge is 0.312 e. The quantitative estimate of drug-likeness (QED) is 0.608. The Balaban J connectivity index is 1.31. The van der Waals surface area contributed by atoms with E-state index in [0.29, 0.717) is 35.2 Å². The lowest BCUT2D eigenvalue weighted by atomic mass is 10.2. The van der Waals surface area contributed by atoms with Gasteiger partial charge in [0.2, 0.25) is 5.91 Å². The van der Waals surface area contributed by atoms with Crippen molar-refractivity contribution in [2.24, 2.45) is 0 Å². The first-order valence-corrected chi connectivity index (χ1v) is 9.48. The minimum absolute atomic E-state index is 0.0385. The monoisotopic (exact) mass is 383 g/mol. The van der Waals surface area contributed by atoms with Crippen LogP contribution in [0.3, 0.4) is 0 Å². The van der Waals surface area contributed by atoms with Gasteiger partial charge < -0.3 is 9.26 Å². The summed E-state index contributed by atoms with van der Waals surface area (Å²) in [6.45, 7) is 0.725.